The van der Waals surface area contributed by atoms with Crippen molar-refractivity contribution >= 4 is 16.9 Å². The molecule has 4 heterocycles. The minimum Gasteiger partial charge on any atom is -0.299 e. The summed E-state index contributed by atoms with van der Waals surface area (Å²) in [5.74, 6) is 1.02. The molecule has 0 spiro atoms. The number of benzene rings is 1. The van der Waals surface area contributed by atoms with Gasteiger partial charge in [0.2, 0.25) is 0 Å². The number of fused-ring (bicyclic) bond motifs is 1. The number of nitrogens with zero attached hydrogens (tertiary/aromatic N) is 5. The highest BCUT2D eigenvalue weighted by Crippen LogP contribution is 2.44. The molecule has 6 rings (SSSR count). The van der Waals surface area contributed by atoms with E-state index in [0.29, 0.717) is 29.6 Å². The number of halogens is 3. The summed E-state index contributed by atoms with van der Waals surface area (Å²) in [6, 6.07) is 8.75. The van der Waals surface area contributed by atoms with E-state index in [1.165, 1.54) is 34.6 Å². The third kappa shape index (κ3) is 4.80. The van der Waals surface area contributed by atoms with Gasteiger partial charge >= 0.3 is 11.9 Å². The lowest BCUT2D eigenvalue weighted by atomic mass is 9.73. The van der Waals surface area contributed by atoms with Gasteiger partial charge in [0.05, 0.1) is 16.8 Å². The van der Waals surface area contributed by atoms with Gasteiger partial charge in [-0.25, -0.2) is 4.79 Å². The van der Waals surface area contributed by atoms with Crippen molar-refractivity contribution in [2.45, 2.75) is 57.7 Å². The van der Waals surface area contributed by atoms with Crippen LogP contribution in [0.25, 0.3) is 11.2 Å². The fraction of sp³-hybridized carbons (Fsp3) is 0.464. The van der Waals surface area contributed by atoms with Gasteiger partial charge in [0.1, 0.15) is 10.5 Å². The van der Waals surface area contributed by atoms with Crippen molar-refractivity contribution in [3.63, 3.8) is 0 Å². The molecule has 1 aliphatic carbocycles. The summed E-state index contributed by atoms with van der Waals surface area (Å²) in [6.45, 7) is 4.25. The third-order valence-corrected chi connectivity index (χ3v) is 8.82. The van der Waals surface area contributed by atoms with Crippen LogP contribution >= 0.6 is 11.3 Å². The Labute approximate surface area is 222 Å². The number of aromatic nitrogens is 4. The second kappa shape index (κ2) is 9.96. The Bertz CT molecular complexity index is 1490. The van der Waals surface area contributed by atoms with E-state index in [0.717, 1.165) is 53.7 Å². The van der Waals surface area contributed by atoms with E-state index in [9.17, 15) is 18.0 Å². The quantitative estimate of drug-likeness (QED) is 0.295. The number of hydrogen-bond acceptors (Lipinski definition) is 5. The lowest BCUT2D eigenvalue weighted by molar-refractivity contribution is -0.136. The average molecular weight is 542 g/mol. The third-order valence-electron chi connectivity index (χ3n) is 8.05. The van der Waals surface area contributed by atoms with E-state index in [-0.39, 0.29) is 11.4 Å². The minimum absolute atomic E-state index is 0.0632. The Morgan fingerprint density at radius 3 is 2.66 bits per heavy atom. The molecule has 4 aromatic rings. The molecule has 10 heteroatoms. The molecule has 200 valence electrons. The first kappa shape index (κ1) is 25.3. The lowest BCUT2D eigenvalue weighted by Crippen LogP contribution is -2.34. The molecule has 0 amide bonds. The highest BCUT2D eigenvalue weighted by atomic mass is 32.1. The smallest absolute Gasteiger partial charge is 0.299 e. The molecule has 1 saturated heterocycles. The van der Waals surface area contributed by atoms with E-state index in [4.69, 9.17) is 0 Å². The van der Waals surface area contributed by atoms with Crippen LogP contribution in [0.4, 0.5) is 13.2 Å². The van der Waals surface area contributed by atoms with Crippen molar-refractivity contribution < 1.29 is 13.2 Å². The summed E-state index contributed by atoms with van der Waals surface area (Å²) in [6.07, 6.45) is 3.83. The Morgan fingerprint density at radius 2 is 1.97 bits per heavy atom. The van der Waals surface area contributed by atoms with Gasteiger partial charge < -0.3 is 0 Å². The topological polar surface area (TPSA) is 55.4 Å². The molecule has 2 aliphatic rings. The number of piperidine rings is 1. The first-order valence-corrected chi connectivity index (χ1v) is 14.1. The van der Waals surface area contributed by atoms with Crippen molar-refractivity contribution in [3.8, 4) is 5.69 Å². The number of alkyl halides is 3. The lowest BCUT2D eigenvalue weighted by Gasteiger charge is -2.32. The molecule has 0 unspecified atom stereocenters. The van der Waals surface area contributed by atoms with Crippen molar-refractivity contribution in [1.82, 2.24) is 24.1 Å². The van der Waals surface area contributed by atoms with Gasteiger partial charge in [-0.15, -0.1) is 21.5 Å². The summed E-state index contributed by atoms with van der Waals surface area (Å²) < 4.78 is 45.1. The van der Waals surface area contributed by atoms with Crippen LogP contribution in [0.5, 0.6) is 0 Å². The molecule has 2 atom stereocenters. The molecular weight excluding hydrogens is 511 g/mol. The van der Waals surface area contributed by atoms with Crippen molar-refractivity contribution in [1.29, 1.82) is 0 Å². The van der Waals surface area contributed by atoms with Gasteiger partial charge in [0, 0.05) is 31.4 Å². The summed E-state index contributed by atoms with van der Waals surface area (Å²) in [5.41, 5.74) is 2.33. The SMILES string of the molecule is C[C@H]1CCCN(Cc2cc(C(F)(F)F)c3cn(-c4cccc([C@@H](c5nncs5)C5CCC5)c4)c(=O)n3c2)C1. The Morgan fingerprint density at radius 1 is 1.13 bits per heavy atom. The van der Waals surface area contributed by atoms with Crippen molar-refractivity contribution in [2.75, 3.05) is 13.1 Å². The summed E-state index contributed by atoms with van der Waals surface area (Å²) >= 11 is 1.51. The molecule has 3 aromatic heterocycles. The fourth-order valence-corrected chi connectivity index (χ4v) is 6.78. The first-order valence-electron chi connectivity index (χ1n) is 13.2. The maximum Gasteiger partial charge on any atom is 0.418 e. The molecule has 0 radical (unpaired) electrons. The number of likely N-dealkylation sites (tertiary alicyclic amines) is 1. The summed E-state index contributed by atoms with van der Waals surface area (Å²) in [4.78, 5) is 15.7. The van der Waals surface area contributed by atoms with E-state index in [2.05, 4.69) is 22.0 Å². The normalized spacial score (nSPS) is 20.1. The highest BCUT2D eigenvalue weighted by Gasteiger charge is 2.35. The number of pyridine rings is 1. The summed E-state index contributed by atoms with van der Waals surface area (Å²) in [5, 5.41) is 9.27. The zero-order valence-electron chi connectivity index (χ0n) is 21.2. The van der Waals surface area contributed by atoms with Gasteiger partial charge in [-0.1, -0.05) is 25.5 Å². The van der Waals surface area contributed by atoms with Crippen molar-refractivity contribution in [2.24, 2.45) is 11.8 Å². The maximum atomic E-state index is 14.2. The van der Waals surface area contributed by atoms with Gasteiger partial charge in [-0.2, -0.15) is 13.2 Å². The highest BCUT2D eigenvalue weighted by molar-refractivity contribution is 7.09. The van der Waals surface area contributed by atoms with Crippen LogP contribution in [0.15, 0.2) is 53.0 Å². The average Bonchev–Trinajstić information content (AvgIpc) is 3.49. The molecule has 2 fully saturated rings. The van der Waals surface area contributed by atoms with Crippen LogP contribution in [0, 0.1) is 11.8 Å². The van der Waals surface area contributed by atoms with Crippen molar-refractivity contribution in [3.05, 3.63) is 80.4 Å². The van der Waals surface area contributed by atoms with Gasteiger partial charge in [-0.05, 0) is 73.4 Å². The van der Waals surface area contributed by atoms with E-state index >= 15 is 0 Å². The maximum absolute atomic E-state index is 14.2. The van der Waals surface area contributed by atoms with Crippen LogP contribution in [-0.2, 0) is 12.7 Å². The zero-order chi connectivity index (χ0) is 26.4. The predicted octanol–water partition coefficient (Wildman–Crippen LogP) is 6.12. The fourth-order valence-electron chi connectivity index (χ4n) is 6.01. The second-order valence-electron chi connectivity index (χ2n) is 10.8. The molecular formula is C28H30F3N5OS. The number of imidazole rings is 1. The first-order chi connectivity index (χ1) is 18.3. The van der Waals surface area contributed by atoms with Gasteiger partial charge in [-0.3, -0.25) is 13.9 Å². The molecule has 0 bridgehead atoms. The number of rotatable bonds is 6. The minimum atomic E-state index is -4.58. The molecule has 0 N–H and O–H groups in total. The van der Waals surface area contributed by atoms with Crippen LogP contribution in [-0.4, -0.2) is 37.2 Å². The van der Waals surface area contributed by atoms with Crippen LogP contribution in [0.2, 0.25) is 0 Å². The standard InChI is InChI=1S/C28H30F3N5OS/c1-18-5-4-10-34(13-18)14-19-11-23(28(29,30)31)24-16-35(27(37)36(24)15-19)22-9-3-8-21(12-22)25(20-6-2-7-20)26-33-32-17-38-26/h3,8-9,11-12,15-18,20,25H,2,4-7,10,13-14H2,1H3/t18-,25-/m0/s1. The Hall–Kier alpha value is -2.98. The molecule has 38 heavy (non-hydrogen) atoms. The van der Waals surface area contributed by atoms with Gasteiger partial charge in [0.25, 0.3) is 0 Å². The Balaban J connectivity index is 1.42. The van der Waals surface area contributed by atoms with E-state index in [1.54, 1.807) is 17.8 Å². The van der Waals surface area contributed by atoms with Gasteiger partial charge in [0.15, 0.2) is 0 Å². The van der Waals surface area contributed by atoms with Crippen LogP contribution in [0.3, 0.4) is 0 Å². The molecule has 1 aliphatic heterocycles. The van der Waals surface area contributed by atoms with E-state index in [1.807, 2.05) is 18.2 Å². The van der Waals surface area contributed by atoms with Crippen LogP contribution in [0.1, 0.15) is 66.6 Å². The Kier molecular flexibility index (Phi) is 6.63. The van der Waals surface area contributed by atoms with E-state index < -0.39 is 17.4 Å². The second-order valence-corrected chi connectivity index (χ2v) is 11.7. The molecule has 1 saturated carbocycles. The molecule has 6 nitrogen and oxygen atoms in total. The largest absolute Gasteiger partial charge is 0.418 e. The predicted molar refractivity (Wildman–Crippen MR) is 141 cm³/mol. The van der Waals surface area contributed by atoms with Crippen LogP contribution < -0.4 is 5.69 Å². The zero-order valence-corrected chi connectivity index (χ0v) is 22.0. The molecule has 1 aromatic carbocycles. The number of hydrogen-bond donors (Lipinski definition) is 0. The monoisotopic (exact) mass is 541 g/mol. The summed E-state index contributed by atoms with van der Waals surface area (Å²) in [7, 11) is 0.